The number of nitrogens with one attached hydrogen (secondary N) is 2. The van der Waals surface area contributed by atoms with Crippen LogP contribution in [-0.2, 0) is 0 Å². The Bertz CT molecular complexity index is 495. The van der Waals surface area contributed by atoms with Crippen LogP contribution in [0.3, 0.4) is 0 Å². The van der Waals surface area contributed by atoms with E-state index in [2.05, 4.69) is 4.98 Å². The summed E-state index contributed by atoms with van der Waals surface area (Å²) in [4.78, 5) is 37.0. The molecular formula is C8H8N2O4. The average Bonchev–Trinajstić information content (AvgIpc) is 2.85. The van der Waals surface area contributed by atoms with Crippen molar-refractivity contribution < 1.29 is 9.90 Å². The molecule has 1 heterocycles. The van der Waals surface area contributed by atoms with E-state index >= 15 is 0 Å². The molecular weight excluding hydrogens is 188 g/mol. The van der Waals surface area contributed by atoms with Gasteiger partial charge in [-0.05, 0) is 18.8 Å². The Labute approximate surface area is 77.6 Å². The van der Waals surface area contributed by atoms with Crippen LogP contribution in [0.25, 0.3) is 0 Å². The maximum atomic E-state index is 11.3. The number of carbonyl (C=O) groups is 1. The number of H-pyrrole nitrogens is 2. The van der Waals surface area contributed by atoms with Crippen LogP contribution in [-0.4, -0.2) is 21.0 Å². The van der Waals surface area contributed by atoms with Crippen LogP contribution in [0.5, 0.6) is 0 Å². The molecule has 1 aromatic rings. The molecule has 0 aromatic carbocycles. The van der Waals surface area contributed by atoms with E-state index in [1.165, 1.54) is 0 Å². The molecule has 1 saturated carbocycles. The lowest BCUT2D eigenvalue weighted by Crippen LogP contribution is -2.29. The van der Waals surface area contributed by atoms with E-state index in [9.17, 15) is 14.4 Å². The van der Waals surface area contributed by atoms with Crippen molar-refractivity contribution in [2.45, 2.75) is 18.8 Å². The van der Waals surface area contributed by atoms with Crippen LogP contribution in [0, 0.1) is 0 Å². The van der Waals surface area contributed by atoms with Crippen molar-refractivity contribution in [2.75, 3.05) is 0 Å². The Morgan fingerprint density at radius 1 is 1.29 bits per heavy atom. The molecule has 0 unspecified atom stereocenters. The molecule has 0 radical (unpaired) electrons. The second-order valence-corrected chi connectivity index (χ2v) is 3.28. The molecule has 74 valence electrons. The van der Waals surface area contributed by atoms with Crippen molar-refractivity contribution in [1.29, 1.82) is 0 Å². The van der Waals surface area contributed by atoms with Gasteiger partial charge in [0.1, 0.15) is 5.69 Å². The summed E-state index contributed by atoms with van der Waals surface area (Å²) in [6.07, 6.45) is 1.60. The minimum Gasteiger partial charge on any atom is -0.477 e. The molecule has 1 fully saturated rings. The van der Waals surface area contributed by atoms with E-state index in [0.29, 0.717) is 0 Å². The Balaban J connectivity index is 2.71. The second kappa shape index (κ2) is 2.83. The van der Waals surface area contributed by atoms with Gasteiger partial charge in [0.2, 0.25) is 0 Å². The third-order valence-corrected chi connectivity index (χ3v) is 2.18. The summed E-state index contributed by atoms with van der Waals surface area (Å²) in [6.45, 7) is 0. The van der Waals surface area contributed by atoms with Crippen LogP contribution in [0.4, 0.5) is 0 Å². The van der Waals surface area contributed by atoms with Crippen LogP contribution in [0.2, 0.25) is 0 Å². The fraction of sp³-hybridized carbons (Fsp3) is 0.375. The number of aromatic carboxylic acids is 1. The number of carboxylic acid groups (broad SMARTS) is 1. The van der Waals surface area contributed by atoms with Crippen molar-refractivity contribution >= 4 is 5.97 Å². The fourth-order valence-corrected chi connectivity index (χ4v) is 1.43. The van der Waals surface area contributed by atoms with Crippen LogP contribution >= 0.6 is 0 Å². The molecule has 2 rings (SSSR count). The number of aromatic amines is 2. The highest BCUT2D eigenvalue weighted by molar-refractivity contribution is 5.87. The van der Waals surface area contributed by atoms with Gasteiger partial charge in [0, 0.05) is 0 Å². The van der Waals surface area contributed by atoms with Gasteiger partial charge in [0.05, 0.1) is 5.56 Å². The van der Waals surface area contributed by atoms with E-state index < -0.39 is 17.2 Å². The van der Waals surface area contributed by atoms with E-state index in [1.807, 2.05) is 4.98 Å². The zero-order valence-corrected chi connectivity index (χ0v) is 7.16. The predicted octanol–water partition coefficient (Wildman–Crippen LogP) is -0.361. The lowest BCUT2D eigenvalue weighted by atomic mass is 10.1. The van der Waals surface area contributed by atoms with Crippen molar-refractivity contribution in [3.05, 3.63) is 32.1 Å². The molecule has 0 saturated heterocycles. The summed E-state index contributed by atoms with van der Waals surface area (Å²) >= 11 is 0. The molecule has 6 heteroatoms. The molecule has 0 amide bonds. The van der Waals surface area contributed by atoms with Gasteiger partial charge in [-0.3, -0.25) is 9.78 Å². The Hall–Kier alpha value is -1.85. The lowest BCUT2D eigenvalue weighted by molar-refractivity contribution is 0.0688. The third-order valence-electron chi connectivity index (χ3n) is 2.18. The molecule has 0 spiro atoms. The SMILES string of the molecule is O=C(O)c1[nH]c(=O)[nH]c(=O)c1C1CC1. The largest absolute Gasteiger partial charge is 0.477 e. The minimum atomic E-state index is -1.27. The molecule has 0 atom stereocenters. The first kappa shape index (κ1) is 8.74. The Morgan fingerprint density at radius 2 is 1.93 bits per heavy atom. The monoisotopic (exact) mass is 196 g/mol. The summed E-state index contributed by atoms with van der Waals surface area (Å²) in [5.41, 5.74) is -1.45. The highest BCUT2D eigenvalue weighted by atomic mass is 16.4. The summed E-state index contributed by atoms with van der Waals surface area (Å²) in [5, 5.41) is 8.77. The number of rotatable bonds is 2. The molecule has 6 nitrogen and oxygen atoms in total. The van der Waals surface area contributed by atoms with Gasteiger partial charge >= 0.3 is 11.7 Å². The fourth-order valence-electron chi connectivity index (χ4n) is 1.43. The third kappa shape index (κ3) is 1.34. The van der Waals surface area contributed by atoms with Gasteiger partial charge in [-0.15, -0.1) is 0 Å². The summed E-state index contributed by atoms with van der Waals surface area (Å²) < 4.78 is 0. The molecule has 3 N–H and O–H groups in total. The highest BCUT2D eigenvalue weighted by Gasteiger charge is 2.31. The van der Waals surface area contributed by atoms with Gasteiger partial charge in [-0.25, -0.2) is 9.59 Å². The topological polar surface area (TPSA) is 103 Å². The van der Waals surface area contributed by atoms with Crippen LogP contribution < -0.4 is 11.2 Å². The van der Waals surface area contributed by atoms with Gasteiger partial charge in [-0.1, -0.05) is 0 Å². The van der Waals surface area contributed by atoms with E-state index in [0.717, 1.165) is 12.8 Å². The van der Waals surface area contributed by atoms with Crippen molar-refractivity contribution in [2.24, 2.45) is 0 Å². The molecule has 1 aromatic heterocycles. The zero-order valence-electron chi connectivity index (χ0n) is 7.16. The van der Waals surface area contributed by atoms with E-state index in [-0.39, 0.29) is 17.2 Å². The Kier molecular flexibility index (Phi) is 1.77. The first-order valence-corrected chi connectivity index (χ1v) is 4.19. The van der Waals surface area contributed by atoms with Gasteiger partial charge in [0.15, 0.2) is 0 Å². The quantitative estimate of drug-likeness (QED) is 0.600. The van der Waals surface area contributed by atoms with Gasteiger partial charge < -0.3 is 10.1 Å². The van der Waals surface area contributed by atoms with Crippen LogP contribution in [0.15, 0.2) is 9.59 Å². The first-order chi connectivity index (χ1) is 6.59. The second-order valence-electron chi connectivity index (χ2n) is 3.28. The van der Waals surface area contributed by atoms with Crippen molar-refractivity contribution in [1.82, 2.24) is 9.97 Å². The Morgan fingerprint density at radius 3 is 2.43 bits per heavy atom. The number of hydrogen-bond donors (Lipinski definition) is 3. The summed E-state index contributed by atoms with van der Waals surface area (Å²) in [6, 6.07) is 0. The minimum absolute atomic E-state index is 0.0123. The molecule has 14 heavy (non-hydrogen) atoms. The normalized spacial score (nSPS) is 15.4. The standard InChI is InChI=1S/C8H8N2O4/c11-6-4(3-1-2-3)5(7(12)13)9-8(14)10-6/h3H,1-2H2,(H,12,13)(H2,9,10,11,14). The van der Waals surface area contributed by atoms with E-state index in [4.69, 9.17) is 5.11 Å². The number of hydrogen-bond acceptors (Lipinski definition) is 3. The first-order valence-electron chi connectivity index (χ1n) is 4.19. The van der Waals surface area contributed by atoms with Crippen molar-refractivity contribution in [3.8, 4) is 0 Å². The molecule has 1 aliphatic carbocycles. The zero-order chi connectivity index (χ0) is 10.3. The number of aromatic nitrogens is 2. The summed E-state index contributed by atoms with van der Waals surface area (Å²) in [7, 11) is 0. The lowest BCUT2D eigenvalue weighted by Gasteiger charge is -2.00. The number of carboxylic acids is 1. The molecule has 0 bridgehead atoms. The average molecular weight is 196 g/mol. The smallest absolute Gasteiger partial charge is 0.352 e. The molecule has 0 aliphatic heterocycles. The van der Waals surface area contributed by atoms with E-state index in [1.54, 1.807) is 0 Å². The highest BCUT2D eigenvalue weighted by Crippen LogP contribution is 2.39. The van der Waals surface area contributed by atoms with Crippen molar-refractivity contribution in [3.63, 3.8) is 0 Å². The van der Waals surface area contributed by atoms with Crippen LogP contribution in [0.1, 0.15) is 34.8 Å². The summed E-state index contributed by atoms with van der Waals surface area (Å²) in [5.74, 6) is -1.28. The molecule has 1 aliphatic rings. The maximum Gasteiger partial charge on any atom is 0.352 e. The predicted molar refractivity (Wildman–Crippen MR) is 46.6 cm³/mol. The van der Waals surface area contributed by atoms with Gasteiger partial charge in [-0.2, -0.15) is 0 Å². The maximum absolute atomic E-state index is 11.3. The van der Waals surface area contributed by atoms with Gasteiger partial charge in [0.25, 0.3) is 5.56 Å².